The number of fused-ring (bicyclic) bond motifs is 1. The molecule has 0 amide bonds. The molecule has 2 bridgehead atoms. The topological polar surface area (TPSA) is 92.7 Å². The molecule has 6 unspecified atom stereocenters. The summed E-state index contributed by atoms with van der Waals surface area (Å²) in [7, 11) is 0. The molecule has 142 valence electrons. The molecule has 1 saturated heterocycles. The van der Waals surface area contributed by atoms with Gasteiger partial charge in [0.2, 0.25) is 0 Å². The molecular weight excluding hydrogens is 372 g/mol. The van der Waals surface area contributed by atoms with Crippen molar-refractivity contribution in [2.45, 2.75) is 43.0 Å². The maximum Gasteiger partial charge on any atom is 0.371 e. The molecule has 0 aromatic carbocycles. The molecule has 25 heavy (non-hydrogen) atoms. The molecule has 0 N–H and O–H groups in total. The number of alkyl halides is 4. The fourth-order valence-electron chi connectivity index (χ4n) is 4.11. The lowest BCUT2D eigenvalue weighted by atomic mass is 9.82. The molecule has 0 spiro atoms. The van der Waals surface area contributed by atoms with Crippen molar-refractivity contribution in [1.82, 2.24) is 0 Å². The minimum Gasteiger partial charge on any atom is -0.768 e. The highest BCUT2D eigenvalue weighted by atomic mass is 32.2. The predicted molar refractivity (Wildman–Crippen MR) is 72.1 cm³/mol. The van der Waals surface area contributed by atoms with E-state index in [0.717, 1.165) is 0 Å². The monoisotopic (exact) mass is 387 g/mol. The SMILES string of the molecule is O=C1OC2C3CC(CC13)C2C(=O)OCCCC(F)(F)C(F)(F)S(=O)[O-]. The molecule has 0 aromatic heterocycles. The second kappa shape index (κ2) is 6.19. The Morgan fingerprint density at radius 2 is 2.00 bits per heavy atom. The quantitative estimate of drug-likeness (QED) is 0.285. The van der Waals surface area contributed by atoms with Crippen LogP contribution in [-0.2, 0) is 30.1 Å². The summed E-state index contributed by atoms with van der Waals surface area (Å²) in [5.74, 6) is -6.71. The van der Waals surface area contributed by atoms with Gasteiger partial charge in [0, 0.05) is 23.4 Å². The van der Waals surface area contributed by atoms with Gasteiger partial charge in [-0.05, 0) is 25.2 Å². The fourth-order valence-corrected chi connectivity index (χ4v) is 4.46. The Morgan fingerprint density at radius 3 is 2.64 bits per heavy atom. The smallest absolute Gasteiger partial charge is 0.371 e. The number of carbonyl (C=O) groups excluding carboxylic acids is 2. The molecule has 3 rings (SSSR count). The summed E-state index contributed by atoms with van der Waals surface area (Å²) in [5.41, 5.74) is 0. The third kappa shape index (κ3) is 2.94. The molecule has 2 saturated carbocycles. The zero-order valence-electron chi connectivity index (χ0n) is 12.8. The molecule has 3 fully saturated rings. The van der Waals surface area contributed by atoms with Gasteiger partial charge in [-0.25, -0.2) is 0 Å². The average molecular weight is 387 g/mol. The van der Waals surface area contributed by atoms with Gasteiger partial charge < -0.3 is 14.0 Å². The van der Waals surface area contributed by atoms with Crippen LogP contribution in [0.3, 0.4) is 0 Å². The number of ether oxygens (including phenoxy) is 2. The van der Waals surface area contributed by atoms with Crippen LogP contribution in [0.2, 0.25) is 0 Å². The van der Waals surface area contributed by atoms with Crippen LogP contribution in [0, 0.1) is 23.7 Å². The van der Waals surface area contributed by atoms with Gasteiger partial charge >= 0.3 is 23.1 Å². The van der Waals surface area contributed by atoms with Crippen LogP contribution in [0.1, 0.15) is 25.7 Å². The van der Waals surface area contributed by atoms with E-state index < -0.39 is 59.7 Å². The van der Waals surface area contributed by atoms with Crippen LogP contribution in [0.15, 0.2) is 0 Å². The van der Waals surface area contributed by atoms with Crippen molar-refractivity contribution >= 4 is 23.0 Å². The second-order valence-electron chi connectivity index (χ2n) is 6.66. The zero-order valence-corrected chi connectivity index (χ0v) is 13.6. The van der Waals surface area contributed by atoms with E-state index in [2.05, 4.69) is 0 Å². The van der Waals surface area contributed by atoms with Gasteiger partial charge in [0.25, 0.3) is 0 Å². The first kappa shape index (κ1) is 18.6. The van der Waals surface area contributed by atoms with Crippen LogP contribution >= 0.6 is 0 Å². The highest BCUT2D eigenvalue weighted by Gasteiger charge is 2.64. The molecule has 6 atom stereocenters. The Morgan fingerprint density at radius 1 is 1.32 bits per heavy atom. The van der Waals surface area contributed by atoms with Crippen molar-refractivity contribution in [3.63, 3.8) is 0 Å². The largest absolute Gasteiger partial charge is 0.768 e. The van der Waals surface area contributed by atoms with E-state index in [-0.39, 0.29) is 23.7 Å². The minimum absolute atomic E-state index is 0.0230. The van der Waals surface area contributed by atoms with Crippen LogP contribution < -0.4 is 0 Å². The van der Waals surface area contributed by atoms with Crippen LogP contribution in [0.4, 0.5) is 17.6 Å². The van der Waals surface area contributed by atoms with Gasteiger partial charge in [-0.1, -0.05) is 0 Å². The van der Waals surface area contributed by atoms with Gasteiger partial charge in [-0.2, -0.15) is 17.6 Å². The maximum atomic E-state index is 13.2. The van der Waals surface area contributed by atoms with Crippen LogP contribution in [-0.4, -0.2) is 44.6 Å². The van der Waals surface area contributed by atoms with E-state index in [1.54, 1.807) is 0 Å². The summed E-state index contributed by atoms with van der Waals surface area (Å²) >= 11 is -4.26. The summed E-state index contributed by atoms with van der Waals surface area (Å²) in [4.78, 5) is 23.7. The van der Waals surface area contributed by atoms with E-state index >= 15 is 0 Å². The normalized spacial score (nSPS) is 34.9. The minimum atomic E-state index is -5.19. The van der Waals surface area contributed by atoms with Crippen molar-refractivity contribution in [2.75, 3.05) is 6.61 Å². The lowest BCUT2D eigenvalue weighted by Crippen LogP contribution is -2.44. The van der Waals surface area contributed by atoms with E-state index in [1.165, 1.54) is 0 Å². The number of halogens is 4. The van der Waals surface area contributed by atoms with Gasteiger partial charge in [0.05, 0.1) is 18.4 Å². The molecule has 6 nitrogen and oxygen atoms in total. The van der Waals surface area contributed by atoms with Crippen LogP contribution in [0.5, 0.6) is 0 Å². The third-order valence-corrected chi connectivity index (χ3v) is 5.99. The second-order valence-corrected chi connectivity index (χ2v) is 7.64. The third-order valence-electron chi connectivity index (χ3n) is 5.27. The van der Waals surface area contributed by atoms with E-state index in [9.17, 15) is 35.9 Å². The summed E-state index contributed by atoms with van der Waals surface area (Å²) < 4.78 is 82.6. The predicted octanol–water partition coefficient (Wildman–Crippen LogP) is 1.61. The van der Waals surface area contributed by atoms with Crippen molar-refractivity contribution in [2.24, 2.45) is 23.7 Å². The summed E-state index contributed by atoms with van der Waals surface area (Å²) in [5, 5.41) is -5.19. The molecule has 11 heteroatoms. The highest BCUT2D eigenvalue weighted by Crippen LogP contribution is 2.57. The Kier molecular flexibility index (Phi) is 4.59. The van der Waals surface area contributed by atoms with Crippen LogP contribution in [0.25, 0.3) is 0 Å². The first-order valence-corrected chi connectivity index (χ1v) is 8.86. The molecule has 3 aliphatic rings. The summed E-state index contributed by atoms with van der Waals surface area (Å²) in [6.45, 7) is -0.548. The Balaban J connectivity index is 1.48. The highest BCUT2D eigenvalue weighted by molar-refractivity contribution is 7.80. The van der Waals surface area contributed by atoms with Crippen molar-refractivity contribution in [3.05, 3.63) is 0 Å². The molecule has 1 aliphatic heterocycles. The zero-order chi connectivity index (χ0) is 18.6. The van der Waals surface area contributed by atoms with E-state index in [1.807, 2.05) is 0 Å². The Hall–Kier alpha value is -1.23. The molecular formula is C14H15F4O6S-. The average Bonchev–Trinajstić information content (AvgIpc) is 3.13. The first-order chi connectivity index (χ1) is 11.6. The van der Waals surface area contributed by atoms with E-state index in [4.69, 9.17) is 9.47 Å². The van der Waals surface area contributed by atoms with Crippen molar-refractivity contribution in [3.8, 4) is 0 Å². The van der Waals surface area contributed by atoms with Gasteiger partial charge in [0.1, 0.15) is 6.10 Å². The molecule has 0 aromatic rings. The molecule has 2 aliphatic carbocycles. The maximum absolute atomic E-state index is 13.2. The Labute approximate surface area is 142 Å². The number of rotatable bonds is 7. The van der Waals surface area contributed by atoms with Crippen molar-refractivity contribution in [1.29, 1.82) is 0 Å². The first-order valence-electron chi connectivity index (χ1n) is 7.78. The lowest BCUT2D eigenvalue weighted by Gasteiger charge is -2.28. The van der Waals surface area contributed by atoms with Crippen molar-refractivity contribution < 1.29 is 45.4 Å². The Bertz CT molecular complexity index is 612. The number of carbonyl (C=O) groups is 2. The van der Waals surface area contributed by atoms with Gasteiger partial charge in [-0.3, -0.25) is 13.8 Å². The fraction of sp³-hybridized carbons (Fsp3) is 0.857. The lowest BCUT2D eigenvalue weighted by molar-refractivity contribution is -0.167. The van der Waals surface area contributed by atoms with Gasteiger partial charge in [0.15, 0.2) is 0 Å². The van der Waals surface area contributed by atoms with Gasteiger partial charge in [-0.15, -0.1) is 0 Å². The number of hydrogen-bond acceptors (Lipinski definition) is 6. The standard InChI is InChI=1S/C14H16F4O6S/c15-13(16,14(17,18)25(21)22)2-1-3-23-12(20)9-6-4-7-8(5-6)11(19)24-10(7)9/h6-10H,1-5H2,(H,21,22)/p-1. The molecule has 0 radical (unpaired) electrons. The number of esters is 2. The summed E-state index contributed by atoms with van der Waals surface area (Å²) in [6.07, 6.45) is -1.44. The summed E-state index contributed by atoms with van der Waals surface area (Å²) in [6, 6.07) is 0. The number of hydrogen-bond donors (Lipinski definition) is 0. The molecule has 1 heterocycles. The van der Waals surface area contributed by atoms with E-state index in [0.29, 0.717) is 12.8 Å².